The first kappa shape index (κ1) is 18.7. The first-order valence-corrected chi connectivity index (χ1v) is 8.50. The Bertz CT molecular complexity index is 774. The van der Waals surface area contributed by atoms with Gasteiger partial charge in [0, 0.05) is 16.1 Å². The Morgan fingerprint density at radius 2 is 1.84 bits per heavy atom. The molecule has 0 aliphatic carbocycles. The normalized spacial score (nSPS) is 10.5. The van der Waals surface area contributed by atoms with E-state index in [-0.39, 0.29) is 6.61 Å². The largest absolute Gasteiger partial charge is 0.493 e. The molecule has 0 fully saturated rings. The summed E-state index contributed by atoms with van der Waals surface area (Å²) in [6, 6.07) is 14.5. The fourth-order valence-electron chi connectivity index (χ4n) is 2.00. The van der Waals surface area contributed by atoms with Gasteiger partial charge >= 0.3 is 5.97 Å². The van der Waals surface area contributed by atoms with Crippen molar-refractivity contribution in [3.63, 3.8) is 0 Å². The van der Waals surface area contributed by atoms with Gasteiger partial charge in [-0.3, -0.25) is 4.79 Å². The van der Waals surface area contributed by atoms with Gasteiger partial charge in [0.1, 0.15) is 5.75 Å². The number of anilines is 1. The zero-order valence-corrected chi connectivity index (χ0v) is 15.3. The summed E-state index contributed by atoms with van der Waals surface area (Å²) in [4.78, 5) is 23.6. The van der Waals surface area contributed by atoms with Crippen LogP contribution in [-0.4, -0.2) is 25.1 Å². The highest BCUT2D eigenvalue weighted by Gasteiger charge is 2.08. The van der Waals surface area contributed by atoms with E-state index < -0.39 is 11.9 Å². The van der Waals surface area contributed by atoms with Crippen molar-refractivity contribution < 1.29 is 19.1 Å². The van der Waals surface area contributed by atoms with Gasteiger partial charge in [-0.2, -0.15) is 0 Å². The van der Waals surface area contributed by atoms with E-state index in [9.17, 15) is 9.59 Å². The van der Waals surface area contributed by atoms with E-state index in [0.29, 0.717) is 18.0 Å². The second kappa shape index (κ2) is 9.64. The molecular weight excluding hydrogens is 386 g/mol. The van der Waals surface area contributed by atoms with E-state index in [1.54, 1.807) is 24.3 Å². The van der Waals surface area contributed by atoms with Crippen molar-refractivity contribution in [1.29, 1.82) is 0 Å². The molecule has 1 N–H and O–H groups in total. The number of halogens is 1. The molecule has 130 valence electrons. The lowest BCUT2D eigenvalue weighted by molar-refractivity contribution is -0.142. The average Bonchev–Trinajstić information content (AvgIpc) is 2.61. The molecule has 5 nitrogen and oxygen atoms in total. The van der Waals surface area contributed by atoms with Crippen LogP contribution in [0.15, 0.2) is 59.1 Å². The molecule has 0 aliphatic rings. The van der Waals surface area contributed by atoms with E-state index in [1.165, 1.54) is 6.08 Å². The van der Waals surface area contributed by atoms with Crippen LogP contribution >= 0.6 is 15.9 Å². The molecule has 0 heterocycles. The van der Waals surface area contributed by atoms with Crippen molar-refractivity contribution >= 4 is 39.6 Å². The molecule has 0 bridgehead atoms. The van der Waals surface area contributed by atoms with E-state index >= 15 is 0 Å². The smallest absolute Gasteiger partial charge is 0.331 e. The lowest BCUT2D eigenvalue weighted by Gasteiger charge is -2.07. The Balaban J connectivity index is 1.86. The summed E-state index contributed by atoms with van der Waals surface area (Å²) in [6.45, 7) is 2.06. The highest BCUT2D eigenvalue weighted by Crippen LogP contribution is 2.21. The zero-order valence-electron chi connectivity index (χ0n) is 13.7. The predicted octanol–water partition coefficient (Wildman–Crippen LogP) is 4.04. The van der Waals surface area contributed by atoms with Gasteiger partial charge in [0.2, 0.25) is 0 Å². The quantitative estimate of drug-likeness (QED) is 0.559. The highest BCUT2D eigenvalue weighted by molar-refractivity contribution is 9.10. The number of hydrogen-bond acceptors (Lipinski definition) is 4. The van der Waals surface area contributed by atoms with Gasteiger partial charge in [0.05, 0.1) is 12.3 Å². The average molecular weight is 404 g/mol. The topological polar surface area (TPSA) is 64.6 Å². The Kier molecular flexibility index (Phi) is 7.22. The number of carbonyl (C=O) groups excluding carboxylic acids is 2. The van der Waals surface area contributed by atoms with Crippen LogP contribution in [0.3, 0.4) is 0 Å². The van der Waals surface area contributed by atoms with Gasteiger partial charge in [-0.05, 0) is 47.1 Å². The standard InChI is InChI=1S/C19H18BrNO4/c1-2-24-17-10-6-3-7-14(17)11-12-19(23)25-13-18(22)21-16-9-5-4-8-15(16)20/h3-12H,2,13H2,1H3,(H,21,22)/b12-11+. The summed E-state index contributed by atoms with van der Waals surface area (Å²) >= 11 is 3.33. The van der Waals surface area contributed by atoms with Crippen LogP contribution in [0.5, 0.6) is 5.75 Å². The van der Waals surface area contributed by atoms with Crippen LogP contribution in [0.25, 0.3) is 6.08 Å². The summed E-state index contributed by atoms with van der Waals surface area (Å²) < 4.78 is 11.2. The monoisotopic (exact) mass is 403 g/mol. The molecular formula is C19H18BrNO4. The number of para-hydroxylation sites is 2. The van der Waals surface area contributed by atoms with Gasteiger partial charge in [0.15, 0.2) is 6.61 Å². The number of hydrogen-bond donors (Lipinski definition) is 1. The molecule has 1 amide bonds. The van der Waals surface area contributed by atoms with E-state index in [4.69, 9.17) is 9.47 Å². The summed E-state index contributed by atoms with van der Waals surface area (Å²) in [5.41, 5.74) is 1.38. The van der Waals surface area contributed by atoms with Crippen LogP contribution in [0.1, 0.15) is 12.5 Å². The van der Waals surface area contributed by atoms with Gasteiger partial charge < -0.3 is 14.8 Å². The zero-order chi connectivity index (χ0) is 18.1. The number of carbonyl (C=O) groups is 2. The number of benzene rings is 2. The molecule has 6 heteroatoms. The SMILES string of the molecule is CCOc1ccccc1/C=C/C(=O)OCC(=O)Nc1ccccc1Br. The minimum absolute atomic E-state index is 0.363. The molecule has 0 aromatic heterocycles. The van der Waals surface area contributed by atoms with Crippen molar-refractivity contribution in [1.82, 2.24) is 0 Å². The number of ether oxygens (including phenoxy) is 2. The van der Waals surface area contributed by atoms with E-state index in [1.807, 2.05) is 37.3 Å². The number of esters is 1. The molecule has 0 radical (unpaired) electrons. The Hall–Kier alpha value is -2.60. The van der Waals surface area contributed by atoms with Gasteiger partial charge in [-0.25, -0.2) is 4.79 Å². The number of rotatable bonds is 7. The molecule has 0 spiro atoms. The van der Waals surface area contributed by atoms with Crippen molar-refractivity contribution in [2.45, 2.75) is 6.92 Å². The lowest BCUT2D eigenvalue weighted by atomic mass is 10.2. The van der Waals surface area contributed by atoms with E-state index in [0.717, 1.165) is 10.0 Å². The third-order valence-electron chi connectivity index (χ3n) is 3.11. The second-order valence-corrected chi connectivity index (χ2v) is 5.79. The maximum atomic E-state index is 11.8. The molecule has 25 heavy (non-hydrogen) atoms. The number of nitrogens with one attached hydrogen (secondary N) is 1. The first-order valence-electron chi connectivity index (χ1n) is 7.71. The van der Waals surface area contributed by atoms with Crippen molar-refractivity contribution in [2.24, 2.45) is 0 Å². The molecule has 0 unspecified atom stereocenters. The molecule has 2 aromatic carbocycles. The van der Waals surface area contributed by atoms with Gasteiger partial charge in [0.25, 0.3) is 5.91 Å². The minimum atomic E-state index is -0.603. The molecule has 2 rings (SSSR count). The summed E-state index contributed by atoms with van der Waals surface area (Å²) in [6.07, 6.45) is 2.86. The van der Waals surface area contributed by atoms with Crippen LogP contribution in [0.4, 0.5) is 5.69 Å². The van der Waals surface area contributed by atoms with Crippen LogP contribution < -0.4 is 10.1 Å². The number of amides is 1. The maximum Gasteiger partial charge on any atom is 0.331 e. The van der Waals surface area contributed by atoms with Crippen LogP contribution in [0.2, 0.25) is 0 Å². The molecule has 0 saturated carbocycles. The Morgan fingerprint density at radius 1 is 1.12 bits per heavy atom. The lowest BCUT2D eigenvalue weighted by Crippen LogP contribution is -2.20. The third-order valence-corrected chi connectivity index (χ3v) is 3.80. The van der Waals surface area contributed by atoms with Crippen LogP contribution in [0, 0.1) is 0 Å². The second-order valence-electron chi connectivity index (χ2n) is 4.94. The third kappa shape index (κ3) is 6.08. The van der Waals surface area contributed by atoms with Gasteiger partial charge in [-0.15, -0.1) is 0 Å². The summed E-state index contributed by atoms with van der Waals surface area (Å²) in [5, 5.41) is 2.66. The first-order chi connectivity index (χ1) is 12.1. The van der Waals surface area contributed by atoms with Crippen molar-refractivity contribution in [3.8, 4) is 5.75 Å². The van der Waals surface area contributed by atoms with E-state index in [2.05, 4.69) is 21.2 Å². The van der Waals surface area contributed by atoms with Crippen molar-refractivity contribution in [2.75, 3.05) is 18.5 Å². The Morgan fingerprint density at radius 3 is 2.60 bits per heavy atom. The minimum Gasteiger partial charge on any atom is -0.493 e. The Labute approximate surface area is 154 Å². The fourth-order valence-corrected chi connectivity index (χ4v) is 2.38. The molecule has 0 aliphatic heterocycles. The van der Waals surface area contributed by atoms with Crippen LogP contribution in [-0.2, 0) is 14.3 Å². The predicted molar refractivity (Wildman–Crippen MR) is 100 cm³/mol. The van der Waals surface area contributed by atoms with Crippen molar-refractivity contribution in [3.05, 3.63) is 64.6 Å². The van der Waals surface area contributed by atoms with Gasteiger partial charge in [-0.1, -0.05) is 30.3 Å². The highest BCUT2D eigenvalue weighted by atomic mass is 79.9. The molecule has 0 saturated heterocycles. The molecule has 2 aromatic rings. The summed E-state index contributed by atoms with van der Waals surface area (Å²) in [5.74, 6) is -0.335. The maximum absolute atomic E-state index is 11.8. The summed E-state index contributed by atoms with van der Waals surface area (Å²) in [7, 11) is 0. The molecule has 0 atom stereocenters. The fraction of sp³-hybridized carbons (Fsp3) is 0.158.